The molecule has 0 saturated carbocycles. The summed E-state index contributed by atoms with van der Waals surface area (Å²) in [5, 5.41) is 2.86. The predicted molar refractivity (Wildman–Crippen MR) is 172 cm³/mol. The highest BCUT2D eigenvalue weighted by atomic mass is 14.1. The van der Waals surface area contributed by atoms with Crippen LogP contribution in [0.2, 0.25) is 0 Å². The van der Waals surface area contributed by atoms with E-state index in [0.29, 0.717) is 0 Å². The highest BCUT2D eigenvalue weighted by Gasteiger charge is 2.07. The lowest BCUT2D eigenvalue weighted by atomic mass is 9.91. The SMILES string of the molecule is C.C.C.C.C.C.CCCc1cc(C)c(C)c(C)c1.CCCc1cc(C)c2c(C)c(C)c(C)cc2c1. The lowest BCUT2D eigenvalue weighted by molar-refractivity contribution is 0.916. The van der Waals surface area contributed by atoms with Gasteiger partial charge in [-0.1, -0.05) is 102 Å². The molecule has 0 atom stereocenters. The van der Waals surface area contributed by atoms with E-state index in [1.54, 1.807) is 0 Å². The number of aryl methyl sites for hydroxylation is 7. The topological polar surface area (TPSA) is 0 Å². The molecule has 3 aromatic rings. The molecule has 0 unspecified atom stereocenters. The summed E-state index contributed by atoms with van der Waals surface area (Å²) in [5.74, 6) is 0. The van der Waals surface area contributed by atoms with Crippen LogP contribution in [0.15, 0.2) is 30.3 Å². The maximum absolute atomic E-state index is 2.37. The molecule has 204 valence electrons. The first-order chi connectivity index (χ1) is 13.7. The van der Waals surface area contributed by atoms with Crippen LogP contribution >= 0.6 is 0 Å². The van der Waals surface area contributed by atoms with Gasteiger partial charge in [0.05, 0.1) is 0 Å². The van der Waals surface area contributed by atoms with Crippen LogP contribution in [0.4, 0.5) is 0 Å². The Balaban J connectivity index is -0.000000152. The van der Waals surface area contributed by atoms with Crippen LogP contribution in [0.3, 0.4) is 0 Å². The lowest BCUT2D eigenvalue weighted by Gasteiger charge is -2.13. The Labute approximate surface area is 223 Å². The molecule has 0 heteroatoms. The summed E-state index contributed by atoms with van der Waals surface area (Å²) in [4.78, 5) is 0. The summed E-state index contributed by atoms with van der Waals surface area (Å²) < 4.78 is 0. The molecule has 0 amide bonds. The number of benzene rings is 3. The fourth-order valence-corrected chi connectivity index (χ4v) is 4.33. The van der Waals surface area contributed by atoms with Crippen molar-refractivity contribution in [1.29, 1.82) is 0 Å². The van der Waals surface area contributed by atoms with Gasteiger partial charge in [0.15, 0.2) is 0 Å². The van der Waals surface area contributed by atoms with E-state index in [0.717, 1.165) is 0 Å². The molecule has 0 aromatic heterocycles. The quantitative estimate of drug-likeness (QED) is 0.345. The number of fused-ring (bicyclic) bond motifs is 1. The highest BCUT2D eigenvalue weighted by molar-refractivity contribution is 5.91. The van der Waals surface area contributed by atoms with Crippen molar-refractivity contribution >= 4 is 10.8 Å². The van der Waals surface area contributed by atoms with Crippen LogP contribution in [-0.2, 0) is 12.8 Å². The van der Waals surface area contributed by atoms with Gasteiger partial charge in [0.1, 0.15) is 0 Å². The van der Waals surface area contributed by atoms with E-state index in [9.17, 15) is 0 Å². The summed E-state index contributed by atoms with van der Waals surface area (Å²) in [5.41, 5.74) is 13.0. The Bertz CT molecular complexity index is 966. The fourth-order valence-electron chi connectivity index (χ4n) is 4.33. The Hall–Kier alpha value is -2.08. The third-order valence-electron chi connectivity index (χ3n) is 6.39. The van der Waals surface area contributed by atoms with Crippen molar-refractivity contribution in [2.45, 2.75) is 133 Å². The molecule has 0 N–H and O–H groups in total. The average Bonchev–Trinajstić information content (AvgIpc) is 2.65. The number of hydrogen-bond donors (Lipinski definition) is 0. The summed E-state index contributed by atoms with van der Waals surface area (Å²) in [6, 6.07) is 11.7. The van der Waals surface area contributed by atoms with Crippen molar-refractivity contribution in [3.05, 3.63) is 80.4 Å². The Kier molecular flexibility index (Phi) is 23.5. The standard InChI is InChI=1S/C17H22.C12H18.6CH4/c1-6-7-15-8-12(3)17-14(5)13(4)11(2)9-16(17)10-15;1-5-6-12-7-9(2)11(4)10(3)8-12;;;;;;/h8-10H,6-7H2,1-5H3;7-8H,5-6H2,1-4H3;6*1H4. The third kappa shape index (κ3) is 10.6. The molecule has 0 aliphatic rings. The average molecular weight is 485 g/mol. The minimum Gasteiger partial charge on any atom is -0.0776 e. The second kappa shape index (κ2) is 19.1. The summed E-state index contributed by atoms with van der Waals surface area (Å²) in [6.07, 6.45) is 4.85. The van der Waals surface area contributed by atoms with Crippen LogP contribution in [0.1, 0.15) is 121 Å². The van der Waals surface area contributed by atoms with Crippen LogP contribution in [0.25, 0.3) is 10.8 Å². The second-order valence-corrected chi connectivity index (χ2v) is 8.81. The van der Waals surface area contributed by atoms with Gasteiger partial charge >= 0.3 is 0 Å². The van der Waals surface area contributed by atoms with Gasteiger partial charge in [0.2, 0.25) is 0 Å². The van der Waals surface area contributed by atoms with Gasteiger partial charge in [-0.25, -0.2) is 0 Å². The molecule has 0 fully saturated rings. The van der Waals surface area contributed by atoms with Crippen molar-refractivity contribution in [2.75, 3.05) is 0 Å². The Morgan fingerprint density at radius 2 is 0.800 bits per heavy atom. The molecule has 3 aromatic carbocycles. The van der Waals surface area contributed by atoms with Crippen LogP contribution in [-0.4, -0.2) is 0 Å². The van der Waals surface area contributed by atoms with E-state index in [-0.39, 0.29) is 44.6 Å². The minimum absolute atomic E-state index is 0. The molecule has 0 bridgehead atoms. The molecular weight excluding hydrogens is 420 g/mol. The highest BCUT2D eigenvalue weighted by Crippen LogP contribution is 2.29. The lowest BCUT2D eigenvalue weighted by Crippen LogP contribution is -1.93. The molecule has 3 rings (SSSR count). The minimum atomic E-state index is 0. The van der Waals surface area contributed by atoms with Crippen molar-refractivity contribution in [2.24, 2.45) is 0 Å². The molecule has 35 heavy (non-hydrogen) atoms. The van der Waals surface area contributed by atoms with Crippen LogP contribution < -0.4 is 0 Å². The van der Waals surface area contributed by atoms with E-state index in [2.05, 4.69) is 92.6 Å². The van der Waals surface area contributed by atoms with Gasteiger partial charge in [0, 0.05) is 0 Å². The number of rotatable bonds is 4. The molecule has 0 nitrogen and oxygen atoms in total. The zero-order chi connectivity index (χ0) is 21.7. The molecule has 0 heterocycles. The van der Waals surface area contributed by atoms with Gasteiger partial charge < -0.3 is 0 Å². The van der Waals surface area contributed by atoms with Gasteiger partial charge in [-0.2, -0.15) is 0 Å². The van der Waals surface area contributed by atoms with Crippen molar-refractivity contribution in [1.82, 2.24) is 0 Å². The Morgan fingerprint density at radius 3 is 1.23 bits per heavy atom. The maximum atomic E-state index is 2.37. The van der Waals surface area contributed by atoms with Crippen molar-refractivity contribution < 1.29 is 0 Å². The van der Waals surface area contributed by atoms with E-state index in [1.165, 1.54) is 86.5 Å². The second-order valence-electron chi connectivity index (χ2n) is 8.81. The molecule has 0 aliphatic heterocycles. The molecule has 0 spiro atoms. The van der Waals surface area contributed by atoms with Gasteiger partial charge in [0.25, 0.3) is 0 Å². The zero-order valence-electron chi connectivity index (χ0n) is 20.2. The van der Waals surface area contributed by atoms with Gasteiger partial charge in [-0.15, -0.1) is 0 Å². The zero-order valence-corrected chi connectivity index (χ0v) is 20.2. The molecular formula is C35H64. The summed E-state index contributed by atoms with van der Waals surface area (Å²) in [7, 11) is 0. The van der Waals surface area contributed by atoms with Crippen molar-refractivity contribution in [3.63, 3.8) is 0 Å². The largest absolute Gasteiger partial charge is 0.0776 e. The fraction of sp³-hybridized carbons (Fsp3) is 0.543. The van der Waals surface area contributed by atoms with E-state index < -0.39 is 0 Å². The maximum Gasteiger partial charge on any atom is -0.0122 e. The molecule has 0 aliphatic carbocycles. The number of hydrogen-bond acceptors (Lipinski definition) is 0. The van der Waals surface area contributed by atoms with Gasteiger partial charge in [-0.05, 0) is 122 Å². The van der Waals surface area contributed by atoms with Crippen LogP contribution in [0, 0.1) is 48.5 Å². The molecule has 0 radical (unpaired) electrons. The van der Waals surface area contributed by atoms with Crippen molar-refractivity contribution in [3.8, 4) is 0 Å². The molecule has 0 saturated heterocycles. The third-order valence-corrected chi connectivity index (χ3v) is 6.39. The monoisotopic (exact) mass is 485 g/mol. The smallest absolute Gasteiger partial charge is 0.0122 e. The van der Waals surface area contributed by atoms with E-state index in [1.807, 2.05) is 0 Å². The normalized spacial score (nSPS) is 8.94. The first-order valence-corrected chi connectivity index (χ1v) is 11.3. The summed E-state index contributed by atoms with van der Waals surface area (Å²) in [6.45, 7) is 20.0. The van der Waals surface area contributed by atoms with Crippen LogP contribution in [0.5, 0.6) is 0 Å². The Morgan fingerprint density at radius 1 is 0.429 bits per heavy atom. The van der Waals surface area contributed by atoms with Gasteiger partial charge in [-0.3, -0.25) is 0 Å². The van der Waals surface area contributed by atoms with E-state index >= 15 is 0 Å². The van der Waals surface area contributed by atoms with E-state index in [4.69, 9.17) is 0 Å². The first kappa shape index (κ1) is 43.0. The first-order valence-electron chi connectivity index (χ1n) is 11.3. The predicted octanol–water partition coefficient (Wildman–Crippen LogP) is 12.4. The summed E-state index contributed by atoms with van der Waals surface area (Å²) >= 11 is 0.